The Morgan fingerprint density at radius 2 is 1.18 bits per heavy atom. The van der Waals surface area contributed by atoms with E-state index >= 15 is 0 Å². The van der Waals surface area contributed by atoms with E-state index in [1.165, 1.54) is 0 Å². The lowest BCUT2D eigenvalue weighted by atomic mass is 10.4. The van der Waals surface area contributed by atoms with Crippen molar-refractivity contribution in [3.05, 3.63) is 0 Å². The Labute approximate surface area is 102 Å². The van der Waals surface area contributed by atoms with Crippen LogP contribution in [0.25, 0.3) is 0 Å². The molecular formula is C11H24O6. The lowest BCUT2D eigenvalue weighted by Gasteiger charge is -2.07. The van der Waals surface area contributed by atoms with Gasteiger partial charge < -0.3 is 29.2 Å². The normalized spacial score (nSPS) is 12.9. The van der Waals surface area contributed by atoms with Gasteiger partial charge in [0.05, 0.1) is 65.6 Å². The average molecular weight is 252 g/mol. The maximum absolute atomic E-state index is 8.90. The van der Waals surface area contributed by atoms with E-state index in [4.69, 9.17) is 29.2 Å². The third kappa shape index (κ3) is 15.8. The highest BCUT2D eigenvalue weighted by atomic mass is 16.6. The number of hydrogen-bond acceptors (Lipinski definition) is 6. The lowest BCUT2D eigenvalue weighted by molar-refractivity contribution is -0.0160. The number of ether oxygens (including phenoxy) is 4. The minimum Gasteiger partial charge on any atom is -0.394 e. The topological polar surface area (TPSA) is 77.4 Å². The van der Waals surface area contributed by atoms with E-state index in [9.17, 15) is 0 Å². The van der Waals surface area contributed by atoms with Gasteiger partial charge in [0.1, 0.15) is 0 Å². The van der Waals surface area contributed by atoms with Gasteiger partial charge in [-0.15, -0.1) is 0 Å². The van der Waals surface area contributed by atoms with Gasteiger partial charge in [0.25, 0.3) is 0 Å². The van der Waals surface area contributed by atoms with Crippen LogP contribution in [0.2, 0.25) is 0 Å². The van der Waals surface area contributed by atoms with Crippen molar-refractivity contribution in [2.45, 2.75) is 13.0 Å². The van der Waals surface area contributed by atoms with Gasteiger partial charge >= 0.3 is 0 Å². The zero-order chi connectivity index (χ0) is 12.8. The molecule has 0 aromatic heterocycles. The maximum Gasteiger partial charge on any atom is 0.0745 e. The SMILES string of the molecule is C[C@H](O)COCCOCCOCCOCCO. The van der Waals surface area contributed by atoms with E-state index in [1.54, 1.807) is 6.92 Å². The van der Waals surface area contributed by atoms with Gasteiger partial charge in [-0.2, -0.15) is 0 Å². The lowest BCUT2D eigenvalue weighted by Crippen LogP contribution is -2.15. The molecule has 0 spiro atoms. The van der Waals surface area contributed by atoms with Gasteiger partial charge in [-0.05, 0) is 6.92 Å². The molecule has 0 saturated heterocycles. The molecule has 0 bridgehead atoms. The maximum atomic E-state index is 8.90. The van der Waals surface area contributed by atoms with Crippen LogP contribution >= 0.6 is 0 Å². The minimum atomic E-state index is -0.433. The van der Waals surface area contributed by atoms with Gasteiger partial charge in [0, 0.05) is 0 Å². The van der Waals surface area contributed by atoms with Crippen molar-refractivity contribution in [3.8, 4) is 0 Å². The number of aliphatic hydroxyl groups excluding tert-OH is 2. The Balaban J connectivity index is 2.89. The molecule has 0 saturated carbocycles. The Kier molecular flexibility index (Phi) is 13.6. The third-order valence-electron chi connectivity index (χ3n) is 1.71. The molecule has 0 aromatic rings. The highest BCUT2D eigenvalue weighted by Gasteiger charge is 1.95. The second-order valence-electron chi connectivity index (χ2n) is 3.48. The molecule has 0 amide bonds. The summed E-state index contributed by atoms with van der Waals surface area (Å²) < 4.78 is 20.6. The summed E-state index contributed by atoms with van der Waals surface area (Å²) in [4.78, 5) is 0. The van der Waals surface area contributed by atoms with Crippen molar-refractivity contribution < 1.29 is 29.2 Å². The van der Waals surface area contributed by atoms with E-state index in [2.05, 4.69) is 0 Å². The first kappa shape index (κ1) is 16.8. The molecule has 0 unspecified atom stereocenters. The first-order valence-electron chi connectivity index (χ1n) is 5.87. The third-order valence-corrected chi connectivity index (χ3v) is 1.71. The number of rotatable bonds is 13. The average Bonchev–Trinajstić information content (AvgIpc) is 2.30. The van der Waals surface area contributed by atoms with Crippen molar-refractivity contribution in [2.75, 3.05) is 59.5 Å². The second kappa shape index (κ2) is 13.8. The number of hydrogen-bond donors (Lipinski definition) is 2. The summed E-state index contributed by atoms with van der Waals surface area (Å²) in [6.45, 7) is 5.38. The molecule has 0 aliphatic carbocycles. The second-order valence-corrected chi connectivity index (χ2v) is 3.48. The van der Waals surface area contributed by atoms with Crippen LogP contribution in [0.4, 0.5) is 0 Å². The molecule has 0 rings (SSSR count). The van der Waals surface area contributed by atoms with Crippen molar-refractivity contribution in [3.63, 3.8) is 0 Å². The summed E-state index contributed by atoms with van der Waals surface area (Å²) in [7, 11) is 0. The van der Waals surface area contributed by atoms with Crippen LogP contribution < -0.4 is 0 Å². The summed E-state index contributed by atoms with van der Waals surface area (Å²) in [6, 6.07) is 0. The van der Waals surface area contributed by atoms with Gasteiger partial charge in [0.2, 0.25) is 0 Å². The van der Waals surface area contributed by atoms with Gasteiger partial charge in [-0.1, -0.05) is 0 Å². The zero-order valence-electron chi connectivity index (χ0n) is 10.5. The summed E-state index contributed by atoms with van der Waals surface area (Å²) in [5, 5.41) is 17.3. The van der Waals surface area contributed by atoms with Crippen LogP contribution in [0.15, 0.2) is 0 Å². The van der Waals surface area contributed by atoms with Crippen LogP contribution in [0.5, 0.6) is 0 Å². The molecule has 6 heteroatoms. The Morgan fingerprint density at radius 1 is 0.765 bits per heavy atom. The predicted molar refractivity (Wildman–Crippen MR) is 62.0 cm³/mol. The van der Waals surface area contributed by atoms with Crippen molar-refractivity contribution in [1.29, 1.82) is 0 Å². The molecule has 0 fully saturated rings. The van der Waals surface area contributed by atoms with E-state index in [-0.39, 0.29) is 6.61 Å². The van der Waals surface area contributed by atoms with Crippen LogP contribution in [0.3, 0.4) is 0 Å². The molecule has 1 atom stereocenters. The van der Waals surface area contributed by atoms with Crippen LogP contribution in [0, 0.1) is 0 Å². The molecule has 104 valence electrons. The van der Waals surface area contributed by atoms with Crippen molar-refractivity contribution in [1.82, 2.24) is 0 Å². The molecule has 0 radical (unpaired) electrons. The van der Waals surface area contributed by atoms with Crippen molar-refractivity contribution >= 4 is 0 Å². The van der Waals surface area contributed by atoms with Gasteiger partial charge in [-0.3, -0.25) is 0 Å². The largest absolute Gasteiger partial charge is 0.394 e. The van der Waals surface area contributed by atoms with E-state index in [0.717, 1.165) is 0 Å². The molecule has 0 aromatic carbocycles. The molecular weight excluding hydrogens is 228 g/mol. The Morgan fingerprint density at radius 3 is 1.59 bits per heavy atom. The molecule has 0 aliphatic rings. The highest BCUT2D eigenvalue weighted by molar-refractivity contribution is 4.41. The molecule has 2 N–H and O–H groups in total. The summed E-state index contributed by atoms with van der Waals surface area (Å²) in [6.07, 6.45) is -0.433. The summed E-state index contributed by atoms with van der Waals surface area (Å²) >= 11 is 0. The van der Waals surface area contributed by atoms with Crippen LogP contribution in [-0.2, 0) is 18.9 Å². The standard InChI is InChI=1S/C11H24O6/c1-11(13)10-17-9-8-16-7-6-15-5-4-14-3-2-12/h11-13H,2-10H2,1H3/t11-/m0/s1. The van der Waals surface area contributed by atoms with E-state index in [0.29, 0.717) is 52.9 Å². The molecule has 17 heavy (non-hydrogen) atoms. The van der Waals surface area contributed by atoms with Crippen molar-refractivity contribution in [2.24, 2.45) is 0 Å². The first-order chi connectivity index (χ1) is 8.27. The first-order valence-corrected chi connectivity index (χ1v) is 5.87. The fraction of sp³-hybridized carbons (Fsp3) is 1.00. The van der Waals surface area contributed by atoms with E-state index < -0.39 is 6.10 Å². The fourth-order valence-corrected chi connectivity index (χ4v) is 0.978. The molecule has 0 aliphatic heterocycles. The van der Waals surface area contributed by atoms with Gasteiger partial charge in [0.15, 0.2) is 0 Å². The monoisotopic (exact) mass is 252 g/mol. The van der Waals surface area contributed by atoms with E-state index in [1.807, 2.05) is 0 Å². The Bertz CT molecular complexity index is 142. The quantitative estimate of drug-likeness (QED) is 0.427. The minimum absolute atomic E-state index is 0.0373. The summed E-state index contributed by atoms with van der Waals surface area (Å²) in [5.74, 6) is 0. The summed E-state index contributed by atoms with van der Waals surface area (Å²) in [5.41, 5.74) is 0. The highest BCUT2D eigenvalue weighted by Crippen LogP contribution is 1.85. The Hall–Kier alpha value is -0.240. The van der Waals surface area contributed by atoms with Crippen LogP contribution in [-0.4, -0.2) is 75.8 Å². The predicted octanol–water partition coefficient (Wildman–Crippen LogP) is -0.574. The molecule has 6 nitrogen and oxygen atoms in total. The van der Waals surface area contributed by atoms with Crippen LogP contribution in [0.1, 0.15) is 6.92 Å². The smallest absolute Gasteiger partial charge is 0.0745 e. The number of aliphatic hydroxyl groups is 2. The molecule has 0 heterocycles. The van der Waals surface area contributed by atoms with Gasteiger partial charge in [-0.25, -0.2) is 0 Å². The zero-order valence-corrected chi connectivity index (χ0v) is 10.5. The fourth-order valence-electron chi connectivity index (χ4n) is 0.978.